The first-order valence-electron chi connectivity index (χ1n) is 6.89. The van der Waals surface area contributed by atoms with Gasteiger partial charge in [-0.3, -0.25) is 0 Å². The van der Waals surface area contributed by atoms with Crippen molar-refractivity contribution in [2.75, 3.05) is 0 Å². The third-order valence-electron chi connectivity index (χ3n) is 3.12. The van der Waals surface area contributed by atoms with Crippen molar-refractivity contribution in [2.24, 2.45) is 0 Å². The zero-order chi connectivity index (χ0) is 13.1. The fourth-order valence-electron chi connectivity index (χ4n) is 2.20. The zero-order valence-corrected chi connectivity index (χ0v) is 11.9. The van der Waals surface area contributed by atoms with Crippen LogP contribution in [-0.4, -0.2) is 49.1 Å². The van der Waals surface area contributed by atoms with Crippen LogP contribution in [0.2, 0.25) is 19.5 Å². The molecule has 0 nitrogen and oxygen atoms in total. The maximum atomic E-state index is 5.93. The molecule has 1 aliphatic rings. The number of rotatable bonds is 2. The summed E-state index contributed by atoms with van der Waals surface area (Å²) in [5.41, 5.74) is 0. The van der Waals surface area contributed by atoms with E-state index in [2.05, 4.69) is 6.82 Å². The molecule has 16 heavy (non-hydrogen) atoms. The van der Waals surface area contributed by atoms with Gasteiger partial charge < -0.3 is 0 Å². The van der Waals surface area contributed by atoms with Crippen molar-refractivity contribution < 1.29 is 0 Å². The van der Waals surface area contributed by atoms with Gasteiger partial charge in [0.1, 0.15) is 0 Å². The van der Waals surface area contributed by atoms with Crippen LogP contribution in [0, 0.1) is 0 Å². The highest BCUT2D eigenvalue weighted by molar-refractivity contribution is 7.86. The maximum Gasteiger partial charge on any atom is 0.0961 e. The fraction of sp³-hybridized carbons (Fsp3) is 1.00. The molecule has 1 saturated heterocycles. The van der Waals surface area contributed by atoms with Crippen LogP contribution in [0.4, 0.5) is 0 Å². The fourth-order valence-corrected chi connectivity index (χ4v) is 2.20. The molecule has 0 aromatic carbocycles. The minimum absolute atomic E-state index is 0.0136. The van der Waals surface area contributed by atoms with E-state index < -0.39 is 0 Å². The van der Waals surface area contributed by atoms with E-state index in [0.29, 0.717) is 13.1 Å². The van der Waals surface area contributed by atoms with E-state index in [1.807, 2.05) is 27.7 Å². The number of hydrogen-bond acceptors (Lipinski definition) is 0. The lowest BCUT2D eigenvalue weighted by Gasteiger charge is -2.30. The minimum Gasteiger partial charge on any atom is -0.0927 e. The summed E-state index contributed by atoms with van der Waals surface area (Å²) in [6.07, 6.45) is 4.74. The lowest BCUT2D eigenvalue weighted by molar-refractivity contribution is 0.859. The summed E-state index contributed by atoms with van der Waals surface area (Å²) in [5.74, 6) is 0. The Labute approximate surface area is 109 Å². The summed E-state index contributed by atoms with van der Waals surface area (Å²) in [6.45, 7) is 11.5. The second kappa shape index (κ2) is 11.9. The Hall–Kier alpha value is 0.455. The van der Waals surface area contributed by atoms with Crippen molar-refractivity contribution >= 4 is 49.1 Å². The maximum absolute atomic E-state index is 5.93. The molecule has 80 valence electrons. The quantitative estimate of drug-likeness (QED) is 0.604. The van der Waals surface area contributed by atoms with Gasteiger partial charge in [-0.25, -0.2) is 0 Å². The van der Waals surface area contributed by atoms with Gasteiger partial charge in [0.25, 0.3) is 0 Å². The molecule has 0 aliphatic carbocycles. The van der Waals surface area contributed by atoms with Gasteiger partial charge in [0.2, 0.25) is 0 Å². The van der Waals surface area contributed by atoms with Crippen molar-refractivity contribution in [3.63, 3.8) is 0 Å². The third-order valence-corrected chi connectivity index (χ3v) is 3.12. The highest BCUT2D eigenvalue weighted by Crippen LogP contribution is 2.19. The molecule has 6 radical (unpaired) electrons. The Morgan fingerprint density at radius 3 is 1.69 bits per heavy atom. The van der Waals surface area contributed by atoms with Crippen LogP contribution in [0.3, 0.4) is 0 Å². The summed E-state index contributed by atoms with van der Waals surface area (Å²) in [7, 11) is 17.1. The van der Waals surface area contributed by atoms with E-state index in [9.17, 15) is 0 Å². The minimum atomic E-state index is -0.351. The van der Waals surface area contributed by atoms with Gasteiger partial charge in [-0.1, -0.05) is 60.0 Å². The molecule has 7 heteroatoms. The van der Waals surface area contributed by atoms with Crippen LogP contribution >= 0.6 is 0 Å². The predicted octanol–water partition coefficient (Wildman–Crippen LogP) is 1.67. The van der Waals surface area contributed by atoms with E-state index in [1.165, 1.54) is 25.5 Å². The highest BCUT2D eigenvalue weighted by atomic mass is 13.9. The standard InChI is InChI=1S/C5H11B7.2C2H6/c1-9-4-2-3-5-10(9)12(8)11(6)7;2*1-2/h2-5H2,1H3;2*1-2H3. The van der Waals surface area contributed by atoms with Crippen molar-refractivity contribution in [1.29, 1.82) is 0 Å². The van der Waals surface area contributed by atoms with Crippen LogP contribution in [0.5, 0.6) is 0 Å². The molecule has 0 atom stereocenters. The first kappa shape index (κ1) is 18.8. The molecular weight excluding hydrogens is 184 g/mol. The summed E-state index contributed by atoms with van der Waals surface area (Å²) >= 11 is 0. The Balaban J connectivity index is 0. The Kier molecular flexibility index (Phi) is 14.0. The van der Waals surface area contributed by atoms with Gasteiger partial charge in [0, 0.05) is 36.0 Å². The van der Waals surface area contributed by atoms with Gasteiger partial charge in [-0.2, -0.15) is 0 Å². The summed E-state index contributed by atoms with van der Waals surface area (Å²) < 4.78 is 0. The summed E-state index contributed by atoms with van der Waals surface area (Å²) in [4.78, 5) is 0. The Morgan fingerprint density at radius 2 is 1.31 bits per heavy atom. The molecule has 0 N–H and O–H groups in total. The first-order chi connectivity index (χ1) is 7.63. The predicted molar refractivity (Wildman–Crippen MR) is 87.7 cm³/mol. The molecule has 0 unspecified atom stereocenters. The summed E-state index contributed by atoms with van der Waals surface area (Å²) in [6, 6.07) is 0. The Morgan fingerprint density at radius 1 is 0.875 bits per heavy atom. The molecule has 0 saturated carbocycles. The second-order valence-electron chi connectivity index (χ2n) is 4.08. The molecule has 1 heterocycles. The van der Waals surface area contributed by atoms with Crippen LogP contribution in [-0.2, 0) is 0 Å². The average molecular weight is 207 g/mol. The molecule has 0 amide bonds. The van der Waals surface area contributed by atoms with Crippen molar-refractivity contribution in [3.05, 3.63) is 0 Å². The lowest BCUT2D eigenvalue weighted by atomic mass is 8.66. The van der Waals surface area contributed by atoms with E-state index >= 15 is 0 Å². The van der Waals surface area contributed by atoms with Crippen LogP contribution in [0.25, 0.3) is 0 Å². The van der Waals surface area contributed by atoms with Crippen molar-refractivity contribution in [1.82, 2.24) is 0 Å². The second-order valence-corrected chi connectivity index (χ2v) is 4.08. The van der Waals surface area contributed by atoms with Crippen LogP contribution < -0.4 is 0 Å². The lowest BCUT2D eigenvalue weighted by Crippen LogP contribution is -2.58. The van der Waals surface area contributed by atoms with Gasteiger partial charge in [-0.05, 0) is 0 Å². The molecule has 1 aliphatic heterocycles. The third kappa shape index (κ3) is 6.91. The van der Waals surface area contributed by atoms with Crippen LogP contribution in [0.1, 0.15) is 40.5 Å². The molecule has 0 aromatic rings. The normalized spacial score (nSPS) is 14.1. The van der Waals surface area contributed by atoms with Gasteiger partial charge in [-0.15, -0.1) is 0 Å². The molecular formula is C9H23B7. The molecule has 1 fully saturated rings. The van der Waals surface area contributed by atoms with E-state index in [-0.39, 0.29) is 12.8 Å². The van der Waals surface area contributed by atoms with Gasteiger partial charge in [0.15, 0.2) is 0 Å². The molecule has 0 aromatic heterocycles. The van der Waals surface area contributed by atoms with Crippen LogP contribution in [0.15, 0.2) is 0 Å². The number of hydrogen-bond donors (Lipinski definition) is 0. The Bertz CT molecular complexity index is 142. The van der Waals surface area contributed by atoms with E-state index in [4.69, 9.17) is 23.2 Å². The van der Waals surface area contributed by atoms with Crippen molar-refractivity contribution in [3.8, 4) is 0 Å². The topological polar surface area (TPSA) is 0 Å². The van der Waals surface area contributed by atoms with E-state index in [1.54, 1.807) is 0 Å². The van der Waals surface area contributed by atoms with E-state index in [0.717, 1.165) is 0 Å². The largest absolute Gasteiger partial charge is 0.0961 e. The monoisotopic (exact) mass is 208 g/mol. The molecule has 0 bridgehead atoms. The first-order valence-corrected chi connectivity index (χ1v) is 6.89. The van der Waals surface area contributed by atoms with Gasteiger partial charge >= 0.3 is 0 Å². The summed E-state index contributed by atoms with van der Waals surface area (Å²) in [5, 5.41) is 0. The molecule has 0 spiro atoms. The highest BCUT2D eigenvalue weighted by Gasteiger charge is 2.33. The molecule has 1 rings (SSSR count). The van der Waals surface area contributed by atoms with Gasteiger partial charge in [0.05, 0.1) is 13.1 Å². The smallest absolute Gasteiger partial charge is 0.0927 e. The SMILES string of the molecule is CC.CC.[B]B([B])B([B])B1CCCCB1C. The average Bonchev–Trinajstić information content (AvgIpc) is 2.34. The van der Waals surface area contributed by atoms with Crippen molar-refractivity contribution in [2.45, 2.75) is 60.0 Å². The zero-order valence-electron chi connectivity index (χ0n) is 11.9.